The summed E-state index contributed by atoms with van der Waals surface area (Å²) in [5, 5.41) is 9.51. The maximum atomic E-state index is 6.83. The zero-order valence-electron chi connectivity index (χ0n) is 33.2. The van der Waals surface area contributed by atoms with Crippen molar-refractivity contribution < 1.29 is 4.74 Å². The molecule has 0 aromatic heterocycles. The molecular formula is C58H38N2O. The SMILES string of the molecule is c1ccc(N(c2ccc3ccccc3c2)c2ccc3cc(-c4ccc5c(c4)Oc4cccc6c(N(c7ccccc7)c7ccc8ccccc8c7)ccc-5c46)ccc3c2)cc1. The lowest BCUT2D eigenvalue weighted by atomic mass is 9.91. The molecule has 61 heavy (non-hydrogen) atoms. The van der Waals surface area contributed by atoms with Crippen LogP contribution >= 0.6 is 0 Å². The summed E-state index contributed by atoms with van der Waals surface area (Å²) < 4.78 is 6.83. The van der Waals surface area contributed by atoms with Crippen LogP contribution in [0.2, 0.25) is 0 Å². The largest absolute Gasteiger partial charge is 0.456 e. The fraction of sp³-hybridized carbons (Fsp3) is 0. The van der Waals surface area contributed by atoms with Crippen molar-refractivity contribution in [2.45, 2.75) is 0 Å². The van der Waals surface area contributed by atoms with E-state index in [1.807, 2.05) is 0 Å². The second-order valence-electron chi connectivity index (χ2n) is 15.8. The van der Waals surface area contributed by atoms with Crippen molar-refractivity contribution in [1.82, 2.24) is 0 Å². The molecule has 12 rings (SSSR count). The lowest BCUT2D eigenvalue weighted by Gasteiger charge is -2.29. The Morgan fingerprint density at radius 2 is 0.770 bits per heavy atom. The van der Waals surface area contributed by atoms with Crippen molar-refractivity contribution in [1.29, 1.82) is 0 Å². The molecule has 0 N–H and O–H groups in total. The van der Waals surface area contributed by atoms with Crippen LogP contribution < -0.4 is 14.5 Å². The predicted molar refractivity (Wildman–Crippen MR) is 257 cm³/mol. The standard InChI is InChI=1S/C58H38N2O/c1-3-16-47(17-4-1)59(49-28-24-39-12-7-9-14-41(39)35-49)50-30-26-44-34-43(22-23-45(44)37-50)46-27-31-52-53-32-33-55(54-20-11-21-56(58(53)54)61-57(52)38-46)60(48-18-5-2-6-19-48)51-29-25-40-13-8-10-15-42(40)36-51/h1-38H. The minimum atomic E-state index is 0.865. The maximum Gasteiger partial charge on any atom is 0.135 e. The van der Waals surface area contributed by atoms with Crippen LogP contribution in [0.15, 0.2) is 231 Å². The average Bonchev–Trinajstić information content (AvgIpc) is 3.32. The van der Waals surface area contributed by atoms with Crippen LogP contribution in [0.1, 0.15) is 0 Å². The van der Waals surface area contributed by atoms with Gasteiger partial charge in [-0.3, -0.25) is 0 Å². The van der Waals surface area contributed by atoms with E-state index >= 15 is 0 Å². The molecule has 1 aliphatic heterocycles. The van der Waals surface area contributed by atoms with E-state index in [2.05, 4.69) is 240 Å². The highest BCUT2D eigenvalue weighted by molar-refractivity contribution is 6.11. The molecule has 0 fully saturated rings. The first-order valence-corrected chi connectivity index (χ1v) is 20.8. The Balaban J connectivity index is 0.905. The molecule has 3 nitrogen and oxygen atoms in total. The van der Waals surface area contributed by atoms with Crippen molar-refractivity contribution in [3.8, 4) is 33.8 Å². The molecule has 3 heteroatoms. The lowest BCUT2D eigenvalue weighted by Crippen LogP contribution is -2.11. The Hall–Kier alpha value is -8.14. The Kier molecular flexibility index (Phi) is 8.17. The first-order chi connectivity index (χ1) is 30.2. The van der Waals surface area contributed by atoms with Crippen molar-refractivity contribution >= 4 is 77.2 Å². The molecule has 0 saturated heterocycles. The number of benzene rings is 11. The van der Waals surface area contributed by atoms with Crippen LogP contribution in [0.3, 0.4) is 0 Å². The lowest BCUT2D eigenvalue weighted by molar-refractivity contribution is 0.487. The molecule has 1 heterocycles. The average molecular weight is 779 g/mol. The van der Waals surface area contributed by atoms with Gasteiger partial charge >= 0.3 is 0 Å². The molecule has 0 aliphatic carbocycles. The fourth-order valence-electron chi connectivity index (χ4n) is 9.20. The van der Waals surface area contributed by atoms with E-state index < -0.39 is 0 Å². The highest BCUT2D eigenvalue weighted by atomic mass is 16.5. The minimum absolute atomic E-state index is 0.865. The van der Waals surface area contributed by atoms with Gasteiger partial charge < -0.3 is 14.5 Å². The first-order valence-electron chi connectivity index (χ1n) is 20.8. The zero-order valence-corrected chi connectivity index (χ0v) is 33.2. The van der Waals surface area contributed by atoms with E-state index in [1.54, 1.807) is 0 Å². The van der Waals surface area contributed by atoms with Gasteiger partial charge in [0.15, 0.2) is 0 Å². The predicted octanol–water partition coefficient (Wildman–Crippen LogP) is 16.7. The molecule has 0 atom stereocenters. The summed E-state index contributed by atoms with van der Waals surface area (Å²) in [5.74, 6) is 1.73. The number of hydrogen-bond donors (Lipinski definition) is 0. The third-order valence-corrected chi connectivity index (χ3v) is 12.1. The molecule has 11 aromatic rings. The number of ether oxygens (including phenoxy) is 1. The Morgan fingerprint density at radius 3 is 1.44 bits per heavy atom. The molecule has 11 aromatic carbocycles. The highest BCUT2D eigenvalue weighted by Gasteiger charge is 2.25. The molecular weight excluding hydrogens is 741 g/mol. The van der Waals surface area contributed by atoms with Gasteiger partial charge in [0.25, 0.3) is 0 Å². The number of anilines is 6. The molecule has 0 radical (unpaired) electrons. The van der Waals surface area contributed by atoms with Gasteiger partial charge in [-0.25, -0.2) is 0 Å². The summed E-state index contributed by atoms with van der Waals surface area (Å²) in [4.78, 5) is 4.70. The van der Waals surface area contributed by atoms with Crippen molar-refractivity contribution in [3.63, 3.8) is 0 Å². The summed E-state index contributed by atoms with van der Waals surface area (Å²) in [5.41, 5.74) is 11.2. The summed E-state index contributed by atoms with van der Waals surface area (Å²) in [6, 6.07) is 82.8. The van der Waals surface area contributed by atoms with Crippen molar-refractivity contribution in [2.24, 2.45) is 0 Å². The quantitative estimate of drug-likeness (QED) is 0.160. The normalized spacial score (nSPS) is 11.7. The van der Waals surface area contributed by atoms with Crippen LogP contribution in [-0.4, -0.2) is 0 Å². The van der Waals surface area contributed by atoms with Gasteiger partial charge in [-0.15, -0.1) is 0 Å². The van der Waals surface area contributed by atoms with E-state index in [0.717, 1.165) is 73.1 Å². The van der Waals surface area contributed by atoms with Gasteiger partial charge in [0.1, 0.15) is 11.5 Å². The molecule has 0 amide bonds. The smallest absolute Gasteiger partial charge is 0.135 e. The molecule has 1 aliphatic rings. The van der Waals surface area contributed by atoms with Gasteiger partial charge in [0, 0.05) is 44.8 Å². The van der Waals surface area contributed by atoms with Gasteiger partial charge in [-0.05, 0) is 140 Å². The first kappa shape index (κ1) is 34.9. The van der Waals surface area contributed by atoms with Gasteiger partial charge in [-0.2, -0.15) is 0 Å². The summed E-state index contributed by atoms with van der Waals surface area (Å²) in [6.45, 7) is 0. The monoisotopic (exact) mass is 778 g/mol. The third kappa shape index (κ3) is 6.06. The van der Waals surface area contributed by atoms with E-state index in [1.165, 1.54) is 37.9 Å². The fourth-order valence-corrected chi connectivity index (χ4v) is 9.20. The molecule has 286 valence electrons. The van der Waals surface area contributed by atoms with E-state index in [4.69, 9.17) is 4.74 Å². The minimum Gasteiger partial charge on any atom is -0.456 e. The molecule has 0 unspecified atom stereocenters. The van der Waals surface area contributed by atoms with Gasteiger partial charge in [0.05, 0.1) is 5.69 Å². The van der Waals surface area contributed by atoms with E-state index in [0.29, 0.717) is 0 Å². The van der Waals surface area contributed by atoms with Crippen LogP contribution in [0, 0.1) is 0 Å². The van der Waals surface area contributed by atoms with Gasteiger partial charge in [-0.1, -0.05) is 140 Å². The molecule has 0 spiro atoms. The van der Waals surface area contributed by atoms with Crippen LogP contribution in [0.4, 0.5) is 34.1 Å². The van der Waals surface area contributed by atoms with Crippen LogP contribution in [0.25, 0.3) is 65.3 Å². The maximum absolute atomic E-state index is 6.83. The third-order valence-electron chi connectivity index (χ3n) is 12.1. The topological polar surface area (TPSA) is 15.7 Å². The summed E-state index contributed by atoms with van der Waals surface area (Å²) >= 11 is 0. The molecule has 0 bridgehead atoms. The Morgan fingerprint density at radius 1 is 0.279 bits per heavy atom. The summed E-state index contributed by atoms with van der Waals surface area (Å²) in [6.07, 6.45) is 0. The Labute approximate surface area is 354 Å². The highest BCUT2D eigenvalue weighted by Crippen LogP contribution is 2.51. The second kappa shape index (κ2) is 14.3. The van der Waals surface area contributed by atoms with Crippen molar-refractivity contribution in [2.75, 3.05) is 9.80 Å². The Bertz CT molecular complexity index is 3470. The van der Waals surface area contributed by atoms with Gasteiger partial charge in [0.2, 0.25) is 0 Å². The summed E-state index contributed by atoms with van der Waals surface area (Å²) in [7, 11) is 0. The zero-order chi connectivity index (χ0) is 40.3. The number of fused-ring (bicyclic) bond motifs is 5. The van der Waals surface area contributed by atoms with Crippen LogP contribution in [0.5, 0.6) is 11.5 Å². The number of nitrogens with zero attached hydrogens (tertiary/aromatic N) is 2. The number of hydrogen-bond acceptors (Lipinski definition) is 3. The van der Waals surface area contributed by atoms with Crippen LogP contribution in [-0.2, 0) is 0 Å². The van der Waals surface area contributed by atoms with E-state index in [9.17, 15) is 0 Å². The van der Waals surface area contributed by atoms with Crippen molar-refractivity contribution in [3.05, 3.63) is 231 Å². The number of para-hydroxylation sites is 2. The second-order valence-corrected chi connectivity index (χ2v) is 15.8. The number of rotatable bonds is 7. The molecule has 0 saturated carbocycles. The van der Waals surface area contributed by atoms with E-state index in [-0.39, 0.29) is 0 Å².